The zero-order valence-corrected chi connectivity index (χ0v) is 8.68. The van der Waals surface area contributed by atoms with Crippen molar-refractivity contribution in [2.45, 2.75) is 10.5 Å². The van der Waals surface area contributed by atoms with Crippen LogP contribution < -0.4 is 0 Å². The molecular weight excluding hydrogens is 228 g/mol. The molecule has 0 bridgehead atoms. The predicted molar refractivity (Wildman–Crippen MR) is 48.8 cm³/mol. The number of rotatable bonds is 2. The Morgan fingerprint density at radius 3 is 2.64 bits per heavy atom. The van der Waals surface area contributed by atoms with E-state index in [1.807, 2.05) is 0 Å². The van der Waals surface area contributed by atoms with E-state index >= 15 is 0 Å². The quantitative estimate of drug-likeness (QED) is 0.777. The van der Waals surface area contributed by atoms with Crippen LogP contribution in [0.15, 0.2) is 15.7 Å². The lowest BCUT2D eigenvalue weighted by Gasteiger charge is -2.07. The summed E-state index contributed by atoms with van der Waals surface area (Å²) in [4.78, 5) is 0. The van der Waals surface area contributed by atoms with Gasteiger partial charge in [0, 0.05) is 5.56 Å². The van der Waals surface area contributed by atoms with Gasteiger partial charge >= 0.3 is 10.1 Å². The minimum absolute atomic E-state index is 0.107. The molecule has 5 nitrogen and oxygen atoms in total. The maximum atomic E-state index is 10.9. The molecule has 0 saturated carbocycles. The van der Waals surface area contributed by atoms with Gasteiger partial charge in [-0.15, -0.1) is 11.3 Å². The summed E-state index contributed by atoms with van der Waals surface area (Å²) in [7, 11) is -4.17. The molecule has 14 heavy (non-hydrogen) atoms. The van der Waals surface area contributed by atoms with Crippen LogP contribution in [0.1, 0.15) is 11.9 Å². The smallest absolute Gasteiger partial charge is 0.304 e. The van der Waals surface area contributed by atoms with E-state index in [0.717, 1.165) is 11.3 Å². The van der Waals surface area contributed by atoms with Crippen molar-refractivity contribution in [3.05, 3.63) is 17.0 Å². The van der Waals surface area contributed by atoms with Crippen LogP contribution in [-0.2, 0) is 19.6 Å². The Kier molecular flexibility index (Phi) is 2.58. The number of hydrogen-bond acceptors (Lipinski definition) is 5. The highest BCUT2D eigenvalue weighted by atomic mass is 32.3. The maximum absolute atomic E-state index is 10.9. The van der Waals surface area contributed by atoms with E-state index in [9.17, 15) is 8.42 Å². The molecule has 2 rings (SSSR count). The van der Waals surface area contributed by atoms with Gasteiger partial charge < -0.3 is 9.47 Å². The molecule has 1 aromatic rings. The normalized spacial score (nSPS) is 18.9. The highest BCUT2D eigenvalue weighted by Crippen LogP contribution is 2.32. The van der Waals surface area contributed by atoms with Gasteiger partial charge in [-0.05, 0) is 11.4 Å². The number of ether oxygens (including phenoxy) is 2. The van der Waals surface area contributed by atoms with Crippen molar-refractivity contribution in [2.24, 2.45) is 0 Å². The van der Waals surface area contributed by atoms with Crippen LogP contribution >= 0.6 is 11.3 Å². The highest BCUT2D eigenvalue weighted by molar-refractivity contribution is 7.88. The third kappa shape index (κ3) is 1.82. The summed E-state index contributed by atoms with van der Waals surface area (Å²) in [6.07, 6.45) is -0.668. The Hall–Kier alpha value is -0.470. The first-order chi connectivity index (χ1) is 6.59. The van der Waals surface area contributed by atoms with Gasteiger partial charge in [-0.25, -0.2) is 0 Å². The summed E-state index contributed by atoms with van der Waals surface area (Å²) in [6.45, 7) is 0.872. The highest BCUT2D eigenvalue weighted by Gasteiger charge is 2.27. The fraction of sp³-hybridized carbons (Fsp3) is 0.429. The largest absolute Gasteiger partial charge is 0.346 e. The second-order valence-electron chi connectivity index (χ2n) is 2.71. The lowest BCUT2D eigenvalue weighted by molar-refractivity contribution is -0.0457. The minimum atomic E-state index is -4.17. The Bertz CT molecular complexity index is 415. The second-order valence-corrected chi connectivity index (χ2v) is 5.24. The monoisotopic (exact) mass is 236 g/mol. The molecule has 2 heterocycles. The van der Waals surface area contributed by atoms with Crippen LogP contribution in [0.25, 0.3) is 0 Å². The van der Waals surface area contributed by atoms with Crippen molar-refractivity contribution >= 4 is 21.5 Å². The van der Waals surface area contributed by atoms with Gasteiger partial charge in [0.05, 0.1) is 13.2 Å². The van der Waals surface area contributed by atoms with E-state index in [0.29, 0.717) is 18.8 Å². The predicted octanol–water partition coefficient (Wildman–Crippen LogP) is 1.04. The SMILES string of the molecule is O=S(=O)(O)c1sccc1C1OCCO1. The minimum Gasteiger partial charge on any atom is -0.346 e. The Labute approximate surface area is 85.0 Å². The van der Waals surface area contributed by atoms with Gasteiger partial charge in [0.25, 0.3) is 0 Å². The molecule has 1 N–H and O–H groups in total. The molecular formula is C7H8O5S2. The van der Waals surface area contributed by atoms with E-state index in [-0.39, 0.29) is 4.21 Å². The average Bonchev–Trinajstić information content (AvgIpc) is 2.73. The number of thiophene rings is 1. The molecule has 0 amide bonds. The molecule has 1 aromatic heterocycles. The second kappa shape index (κ2) is 3.59. The Morgan fingerprint density at radius 1 is 1.43 bits per heavy atom. The molecule has 0 atom stereocenters. The molecule has 0 aromatic carbocycles. The first-order valence-electron chi connectivity index (χ1n) is 3.87. The van der Waals surface area contributed by atoms with Gasteiger partial charge in [-0.1, -0.05) is 0 Å². The van der Waals surface area contributed by atoms with E-state index < -0.39 is 16.4 Å². The van der Waals surface area contributed by atoms with Crippen molar-refractivity contribution in [2.75, 3.05) is 13.2 Å². The molecule has 0 unspecified atom stereocenters. The van der Waals surface area contributed by atoms with E-state index in [2.05, 4.69) is 0 Å². The lowest BCUT2D eigenvalue weighted by Crippen LogP contribution is -2.04. The van der Waals surface area contributed by atoms with Crippen LogP contribution in [0.3, 0.4) is 0 Å². The molecule has 0 spiro atoms. The lowest BCUT2D eigenvalue weighted by atomic mass is 10.3. The summed E-state index contributed by atoms with van der Waals surface area (Å²) in [5, 5.41) is 1.57. The van der Waals surface area contributed by atoms with Crippen LogP contribution in [0.4, 0.5) is 0 Å². The van der Waals surface area contributed by atoms with Crippen molar-refractivity contribution in [3.63, 3.8) is 0 Å². The van der Waals surface area contributed by atoms with Crippen molar-refractivity contribution in [1.82, 2.24) is 0 Å². The standard InChI is InChI=1S/C7H8O5S2/c8-14(9,10)7-5(1-4-13-7)6-11-2-3-12-6/h1,4,6H,2-3H2,(H,8,9,10). The summed E-state index contributed by atoms with van der Waals surface area (Å²) in [6, 6.07) is 1.57. The third-order valence-corrected chi connectivity index (χ3v) is 4.12. The van der Waals surface area contributed by atoms with Gasteiger partial charge in [0.2, 0.25) is 0 Å². The van der Waals surface area contributed by atoms with Crippen molar-refractivity contribution < 1.29 is 22.4 Å². The third-order valence-electron chi connectivity index (χ3n) is 1.77. The van der Waals surface area contributed by atoms with Gasteiger partial charge in [0.15, 0.2) is 10.5 Å². The van der Waals surface area contributed by atoms with Gasteiger partial charge in [-0.2, -0.15) is 8.42 Å². The fourth-order valence-electron chi connectivity index (χ4n) is 1.23. The molecule has 1 aliphatic heterocycles. The van der Waals surface area contributed by atoms with Crippen LogP contribution in [-0.4, -0.2) is 26.2 Å². The molecule has 1 fully saturated rings. The van der Waals surface area contributed by atoms with E-state index in [4.69, 9.17) is 14.0 Å². The Morgan fingerprint density at radius 2 is 2.07 bits per heavy atom. The zero-order chi connectivity index (χ0) is 10.2. The molecule has 1 saturated heterocycles. The molecule has 0 radical (unpaired) electrons. The van der Waals surface area contributed by atoms with Crippen molar-refractivity contribution in [3.8, 4) is 0 Å². The van der Waals surface area contributed by atoms with Crippen LogP contribution in [0, 0.1) is 0 Å². The Balaban J connectivity index is 2.39. The average molecular weight is 236 g/mol. The summed E-state index contributed by atoms with van der Waals surface area (Å²) in [5.41, 5.74) is 0.370. The molecule has 1 aliphatic rings. The van der Waals surface area contributed by atoms with E-state index in [1.165, 1.54) is 0 Å². The number of hydrogen-bond donors (Lipinski definition) is 1. The van der Waals surface area contributed by atoms with Crippen molar-refractivity contribution in [1.29, 1.82) is 0 Å². The van der Waals surface area contributed by atoms with Crippen LogP contribution in [0.5, 0.6) is 0 Å². The first-order valence-corrected chi connectivity index (χ1v) is 6.19. The molecule has 0 aliphatic carbocycles. The summed E-state index contributed by atoms with van der Waals surface area (Å²) < 4.78 is 40.9. The molecule has 78 valence electrons. The fourth-order valence-corrected chi connectivity index (χ4v) is 2.98. The van der Waals surface area contributed by atoms with E-state index in [1.54, 1.807) is 11.4 Å². The van der Waals surface area contributed by atoms with Crippen LogP contribution in [0.2, 0.25) is 0 Å². The zero-order valence-electron chi connectivity index (χ0n) is 7.04. The maximum Gasteiger partial charge on any atom is 0.304 e. The van der Waals surface area contributed by atoms with Gasteiger partial charge in [0.1, 0.15) is 0 Å². The first kappa shape index (κ1) is 10.1. The summed E-state index contributed by atoms with van der Waals surface area (Å²) in [5.74, 6) is 0. The summed E-state index contributed by atoms with van der Waals surface area (Å²) >= 11 is 0.945. The topological polar surface area (TPSA) is 72.8 Å². The van der Waals surface area contributed by atoms with Gasteiger partial charge in [-0.3, -0.25) is 4.55 Å². The molecule has 7 heteroatoms.